The molecule has 2 saturated heterocycles. The summed E-state index contributed by atoms with van der Waals surface area (Å²) in [6.07, 6.45) is 5.17. The van der Waals surface area contributed by atoms with Crippen molar-refractivity contribution >= 4 is 5.69 Å². The van der Waals surface area contributed by atoms with E-state index in [0.29, 0.717) is 0 Å². The number of nitrogens with two attached hydrogens (primary N) is 1. The molecule has 0 unspecified atom stereocenters. The van der Waals surface area contributed by atoms with Crippen molar-refractivity contribution in [3.63, 3.8) is 0 Å². The lowest BCUT2D eigenvalue weighted by atomic mass is 9.71. The minimum atomic E-state index is 0.791. The molecular weight excluding hydrogens is 208 g/mol. The third kappa shape index (κ3) is 2.19. The first kappa shape index (κ1) is 11.1. The second kappa shape index (κ2) is 4.69. The minimum Gasteiger partial charge on any atom is -0.371 e. The molecule has 0 atom stereocenters. The van der Waals surface area contributed by atoms with E-state index in [-0.39, 0.29) is 0 Å². The van der Waals surface area contributed by atoms with Crippen LogP contribution in [-0.4, -0.2) is 19.6 Å². The highest BCUT2D eigenvalue weighted by Crippen LogP contribution is 2.41. The van der Waals surface area contributed by atoms with Gasteiger partial charge in [0.25, 0.3) is 0 Å². The Balaban J connectivity index is 1.76. The monoisotopic (exact) mass is 230 g/mol. The lowest BCUT2D eigenvalue weighted by molar-refractivity contribution is 0.159. The molecule has 1 aromatic carbocycles. The molecule has 2 bridgehead atoms. The number of piperidine rings is 2. The lowest BCUT2D eigenvalue weighted by Crippen LogP contribution is -2.48. The van der Waals surface area contributed by atoms with E-state index in [9.17, 15) is 0 Å². The SMILES string of the molecule is NCCCc1ccccc1N1CC2CC(C2)C1. The number of fused-ring (bicyclic) bond motifs is 2. The quantitative estimate of drug-likeness (QED) is 0.860. The van der Waals surface area contributed by atoms with Crippen molar-refractivity contribution in [2.45, 2.75) is 25.7 Å². The van der Waals surface area contributed by atoms with Crippen molar-refractivity contribution in [3.05, 3.63) is 29.8 Å². The number of hydrogen-bond donors (Lipinski definition) is 1. The lowest BCUT2D eigenvalue weighted by Gasteiger charge is -2.48. The fourth-order valence-corrected chi connectivity index (χ4v) is 3.39. The molecule has 3 fully saturated rings. The van der Waals surface area contributed by atoms with Gasteiger partial charge in [-0.15, -0.1) is 0 Å². The smallest absolute Gasteiger partial charge is 0.0398 e. The third-order valence-electron chi connectivity index (χ3n) is 4.27. The van der Waals surface area contributed by atoms with Crippen LogP contribution in [0.5, 0.6) is 0 Å². The molecule has 0 radical (unpaired) electrons. The van der Waals surface area contributed by atoms with Crippen LogP contribution in [0.4, 0.5) is 5.69 Å². The van der Waals surface area contributed by atoms with E-state index in [0.717, 1.165) is 31.2 Å². The van der Waals surface area contributed by atoms with Gasteiger partial charge in [0.15, 0.2) is 0 Å². The Morgan fingerprint density at radius 1 is 1.12 bits per heavy atom. The van der Waals surface area contributed by atoms with Gasteiger partial charge in [0, 0.05) is 18.8 Å². The summed E-state index contributed by atoms with van der Waals surface area (Å²) < 4.78 is 0. The predicted octanol–water partition coefficient (Wildman–Crippen LogP) is 2.42. The van der Waals surface area contributed by atoms with Crippen LogP contribution < -0.4 is 10.6 Å². The van der Waals surface area contributed by atoms with Crippen molar-refractivity contribution in [3.8, 4) is 0 Å². The van der Waals surface area contributed by atoms with Gasteiger partial charge < -0.3 is 10.6 Å². The summed E-state index contributed by atoms with van der Waals surface area (Å²) >= 11 is 0. The predicted molar refractivity (Wildman–Crippen MR) is 72.2 cm³/mol. The second-order valence-corrected chi connectivity index (χ2v) is 5.63. The van der Waals surface area contributed by atoms with E-state index in [1.807, 2.05) is 0 Å². The molecule has 1 saturated carbocycles. The van der Waals surface area contributed by atoms with E-state index in [1.54, 1.807) is 0 Å². The Labute approximate surface area is 104 Å². The number of nitrogens with zero attached hydrogens (tertiary/aromatic N) is 1. The molecule has 1 aromatic rings. The van der Waals surface area contributed by atoms with Gasteiger partial charge in [-0.2, -0.15) is 0 Å². The number of benzene rings is 1. The van der Waals surface area contributed by atoms with Crippen molar-refractivity contribution in [1.82, 2.24) is 0 Å². The topological polar surface area (TPSA) is 29.3 Å². The summed E-state index contributed by atoms with van der Waals surface area (Å²) in [7, 11) is 0. The van der Waals surface area contributed by atoms with E-state index in [2.05, 4.69) is 29.2 Å². The van der Waals surface area contributed by atoms with E-state index in [4.69, 9.17) is 5.73 Å². The Hall–Kier alpha value is -1.02. The molecule has 2 nitrogen and oxygen atoms in total. The first-order valence-corrected chi connectivity index (χ1v) is 6.89. The van der Waals surface area contributed by atoms with Gasteiger partial charge in [-0.05, 0) is 55.7 Å². The Morgan fingerprint density at radius 2 is 1.82 bits per heavy atom. The van der Waals surface area contributed by atoms with Crippen molar-refractivity contribution < 1.29 is 0 Å². The summed E-state index contributed by atoms with van der Waals surface area (Å²) in [6.45, 7) is 3.34. The zero-order chi connectivity index (χ0) is 11.7. The molecule has 3 aliphatic rings. The third-order valence-corrected chi connectivity index (χ3v) is 4.27. The van der Waals surface area contributed by atoms with Crippen LogP contribution in [0.15, 0.2) is 24.3 Å². The molecule has 92 valence electrons. The van der Waals surface area contributed by atoms with Crippen LogP contribution in [0.3, 0.4) is 0 Å². The van der Waals surface area contributed by atoms with Gasteiger partial charge in [-0.3, -0.25) is 0 Å². The van der Waals surface area contributed by atoms with Gasteiger partial charge in [-0.25, -0.2) is 0 Å². The zero-order valence-corrected chi connectivity index (χ0v) is 10.4. The zero-order valence-electron chi connectivity index (χ0n) is 10.4. The van der Waals surface area contributed by atoms with Crippen LogP contribution in [-0.2, 0) is 6.42 Å². The number of anilines is 1. The van der Waals surface area contributed by atoms with Crippen LogP contribution >= 0.6 is 0 Å². The number of aryl methyl sites for hydroxylation is 1. The van der Waals surface area contributed by atoms with Crippen LogP contribution in [0.1, 0.15) is 24.8 Å². The highest BCUT2D eigenvalue weighted by atomic mass is 15.2. The average molecular weight is 230 g/mol. The standard InChI is InChI=1S/C15H22N2/c16-7-3-5-14-4-1-2-6-15(14)17-10-12-8-13(9-12)11-17/h1-2,4,6,12-13H,3,5,7-11,16H2. The molecule has 1 aliphatic carbocycles. The normalized spacial score (nSPS) is 26.8. The summed E-state index contributed by atoms with van der Waals surface area (Å²) in [5.74, 6) is 1.94. The minimum absolute atomic E-state index is 0.791. The summed E-state index contributed by atoms with van der Waals surface area (Å²) in [6, 6.07) is 8.88. The molecule has 0 spiro atoms. The Kier molecular flexibility index (Phi) is 3.06. The number of hydrogen-bond acceptors (Lipinski definition) is 2. The van der Waals surface area contributed by atoms with Gasteiger partial charge in [0.05, 0.1) is 0 Å². The highest BCUT2D eigenvalue weighted by molar-refractivity contribution is 5.54. The molecule has 17 heavy (non-hydrogen) atoms. The average Bonchev–Trinajstić information content (AvgIpc) is 2.36. The molecule has 2 heterocycles. The van der Waals surface area contributed by atoms with Gasteiger partial charge in [-0.1, -0.05) is 18.2 Å². The van der Waals surface area contributed by atoms with Crippen molar-refractivity contribution in [2.75, 3.05) is 24.5 Å². The maximum atomic E-state index is 5.62. The number of rotatable bonds is 4. The molecular formula is C15H22N2. The molecule has 2 aliphatic heterocycles. The van der Waals surface area contributed by atoms with Gasteiger partial charge in [0.1, 0.15) is 0 Å². The Bertz CT molecular complexity index is 372. The summed E-state index contributed by atoms with van der Waals surface area (Å²) in [5.41, 5.74) is 8.57. The maximum Gasteiger partial charge on any atom is 0.0398 e. The fourth-order valence-electron chi connectivity index (χ4n) is 3.39. The molecule has 2 heteroatoms. The van der Waals surface area contributed by atoms with E-state index in [1.165, 1.54) is 37.2 Å². The highest BCUT2D eigenvalue weighted by Gasteiger charge is 2.37. The largest absolute Gasteiger partial charge is 0.371 e. The summed E-state index contributed by atoms with van der Waals surface area (Å²) in [5, 5.41) is 0. The van der Waals surface area contributed by atoms with Crippen LogP contribution in [0.25, 0.3) is 0 Å². The molecule has 0 aromatic heterocycles. The van der Waals surface area contributed by atoms with Crippen LogP contribution in [0, 0.1) is 11.8 Å². The molecule has 4 rings (SSSR count). The first-order valence-electron chi connectivity index (χ1n) is 6.89. The first-order chi connectivity index (χ1) is 8.36. The second-order valence-electron chi connectivity index (χ2n) is 5.63. The summed E-state index contributed by atoms with van der Waals surface area (Å²) in [4.78, 5) is 2.61. The van der Waals surface area contributed by atoms with Gasteiger partial charge >= 0.3 is 0 Å². The maximum absolute atomic E-state index is 5.62. The van der Waals surface area contributed by atoms with E-state index >= 15 is 0 Å². The number of para-hydroxylation sites is 1. The van der Waals surface area contributed by atoms with E-state index < -0.39 is 0 Å². The van der Waals surface area contributed by atoms with Crippen LogP contribution in [0.2, 0.25) is 0 Å². The fraction of sp³-hybridized carbons (Fsp3) is 0.600. The Morgan fingerprint density at radius 3 is 2.53 bits per heavy atom. The molecule has 0 amide bonds. The van der Waals surface area contributed by atoms with Crippen molar-refractivity contribution in [1.29, 1.82) is 0 Å². The van der Waals surface area contributed by atoms with Crippen molar-refractivity contribution in [2.24, 2.45) is 17.6 Å². The molecule has 2 N–H and O–H groups in total. The van der Waals surface area contributed by atoms with Gasteiger partial charge in [0.2, 0.25) is 0 Å².